The van der Waals surface area contributed by atoms with Crippen molar-refractivity contribution in [3.8, 4) is 0 Å². The van der Waals surface area contributed by atoms with E-state index in [1.54, 1.807) is 24.3 Å². The number of benzene rings is 1. The van der Waals surface area contributed by atoms with Gasteiger partial charge < -0.3 is 0 Å². The summed E-state index contributed by atoms with van der Waals surface area (Å²) in [6.45, 7) is 1.91. The van der Waals surface area contributed by atoms with Crippen molar-refractivity contribution >= 4 is 29.1 Å². The quantitative estimate of drug-likeness (QED) is 0.704. The Balaban J connectivity index is 2.29. The molecular weight excluding hydrogens is 226 g/mol. The van der Waals surface area contributed by atoms with Gasteiger partial charge in [-0.05, 0) is 30.2 Å². The molecule has 0 bridgehead atoms. The molecule has 2 amide bonds. The number of nitrogens with zero attached hydrogens (tertiary/aromatic N) is 1. The maximum atomic E-state index is 11.8. The van der Waals surface area contributed by atoms with Crippen molar-refractivity contribution in [2.24, 2.45) is 5.92 Å². The molecule has 0 atom stereocenters. The van der Waals surface area contributed by atoms with E-state index in [0.29, 0.717) is 23.6 Å². The number of amides is 2. The largest absolute Gasteiger partial charge is 0.274 e. The number of rotatable bonds is 1. The fourth-order valence-electron chi connectivity index (χ4n) is 1.87. The number of piperidine rings is 1. The molecule has 3 nitrogen and oxygen atoms in total. The van der Waals surface area contributed by atoms with Crippen LogP contribution >= 0.6 is 11.6 Å². The SMILES string of the molecule is CC1CC(=O)N(c2ccc(Cl)cc2)C(=O)C1. The third-order valence-electron chi connectivity index (χ3n) is 2.63. The smallest absolute Gasteiger partial charge is 0.234 e. The predicted molar refractivity (Wildman–Crippen MR) is 62.3 cm³/mol. The first-order chi connectivity index (χ1) is 7.58. The molecule has 84 valence electrons. The molecule has 1 fully saturated rings. The van der Waals surface area contributed by atoms with Gasteiger partial charge in [0.15, 0.2) is 0 Å². The Bertz CT molecular complexity index is 409. The average Bonchev–Trinajstić information content (AvgIpc) is 2.19. The molecule has 1 aliphatic heterocycles. The number of carbonyl (C=O) groups is 2. The first kappa shape index (κ1) is 11.1. The Morgan fingerprint density at radius 2 is 1.62 bits per heavy atom. The third kappa shape index (κ3) is 2.09. The zero-order chi connectivity index (χ0) is 11.7. The van der Waals surface area contributed by atoms with Crippen LogP contribution in [-0.2, 0) is 9.59 Å². The highest BCUT2D eigenvalue weighted by molar-refractivity contribution is 6.30. The molecule has 0 spiro atoms. The number of carbonyl (C=O) groups excluding carboxylic acids is 2. The summed E-state index contributed by atoms with van der Waals surface area (Å²) in [6, 6.07) is 6.73. The minimum atomic E-state index is -0.133. The van der Waals surface area contributed by atoms with Gasteiger partial charge in [0.05, 0.1) is 5.69 Å². The molecule has 2 rings (SSSR count). The number of imide groups is 1. The fraction of sp³-hybridized carbons (Fsp3) is 0.333. The van der Waals surface area contributed by atoms with Crippen molar-refractivity contribution in [2.45, 2.75) is 19.8 Å². The zero-order valence-corrected chi connectivity index (χ0v) is 9.70. The Labute approximate surface area is 99.0 Å². The summed E-state index contributed by atoms with van der Waals surface area (Å²) in [4.78, 5) is 24.8. The van der Waals surface area contributed by atoms with Crippen molar-refractivity contribution in [2.75, 3.05) is 4.90 Å². The van der Waals surface area contributed by atoms with E-state index in [2.05, 4.69) is 0 Å². The second-order valence-corrected chi connectivity index (χ2v) is 4.55. The topological polar surface area (TPSA) is 37.4 Å². The highest BCUT2D eigenvalue weighted by Crippen LogP contribution is 2.26. The van der Waals surface area contributed by atoms with E-state index >= 15 is 0 Å². The lowest BCUT2D eigenvalue weighted by Gasteiger charge is -2.28. The molecule has 0 aliphatic carbocycles. The van der Waals surface area contributed by atoms with Crippen molar-refractivity contribution in [3.05, 3.63) is 29.3 Å². The summed E-state index contributed by atoms with van der Waals surface area (Å²) >= 11 is 5.76. The monoisotopic (exact) mass is 237 g/mol. The maximum absolute atomic E-state index is 11.8. The van der Waals surface area contributed by atoms with Crippen LogP contribution in [0.3, 0.4) is 0 Å². The van der Waals surface area contributed by atoms with E-state index in [1.807, 2.05) is 6.92 Å². The van der Waals surface area contributed by atoms with E-state index in [4.69, 9.17) is 11.6 Å². The van der Waals surface area contributed by atoms with Crippen LogP contribution in [-0.4, -0.2) is 11.8 Å². The minimum Gasteiger partial charge on any atom is -0.274 e. The van der Waals surface area contributed by atoms with Crippen LogP contribution in [0.4, 0.5) is 5.69 Å². The maximum Gasteiger partial charge on any atom is 0.234 e. The van der Waals surface area contributed by atoms with Gasteiger partial charge in [-0.2, -0.15) is 0 Å². The van der Waals surface area contributed by atoms with Gasteiger partial charge in [-0.25, -0.2) is 0 Å². The Kier molecular flexibility index (Phi) is 2.97. The van der Waals surface area contributed by atoms with Crippen molar-refractivity contribution in [1.82, 2.24) is 0 Å². The van der Waals surface area contributed by atoms with Crippen LogP contribution in [0.5, 0.6) is 0 Å². The van der Waals surface area contributed by atoms with E-state index in [-0.39, 0.29) is 17.7 Å². The molecule has 1 aromatic carbocycles. The van der Waals surface area contributed by atoms with E-state index in [1.165, 1.54) is 4.90 Å². The van der Waals surface area contributed by atoms with E-state index < -0.39 is 0 Å². The molecule has 0 unspecified atom stereocenters. The zero-order valence-electron chi connectivity index (χ0n) is 8.94. The van der Waals surface area contributed by atoms with Crippen molar-refractivity contribution < 1.29 is 9.59 Å². The van der Waals surface area contributed by atoms with Crippen LogP contribution in [0.15, 0.2) is 24.3 Å². The van der Waals surface area contributed by atoms with Gasteiger partial charge in [0, 0.05) is 17.9 Å². The van der Waals surface area contributed by atoms with Crippen LogP contribution in [0.25, 0.3) is 0 Å². The lowest BCUT2D eigenvalue weighted by molar-refractivity contribution is -0.130. The summed E-state index contributed by atoms with van der Waals surface area (Å²) in [5, 5.41) is 0.592. The molecule has 1 saturated heterocycles. The molecule has 0 aromatic heterocycles. The van der Waals surface area contributed by atoms with Crippen LogP contribution in [0.1, 0.15) is 19.8 Å². The number of halogens is 1. The first-order valence-corrected chi connectivity index (χ1v) is 5.57. The molecule has 1 aromatic rings. The molecule has 1 aliphatic rings. The number of anilines is 1. The molecule has 0 saturated carbocycles. The summed E-state index contributed by atoms with van der Waals surface area (Å²) in [5.74, 6) is -0.124. The molecule has 0 radical (unpaired) electrons. The summed E-state index contributed by atoms with van der Waals surface area (Å²) in [5.41, 5.74) is 0.603. The van der Waals surface area contributed by atoms with Crippen LogP contribution in [0, 0.1) is 5.92 Å². The van der Waals surface area contributed by atoms with E-state index in [9.17, 15) is 9.59 Å². The van der Waals surface area contributed by atoms with Gasteiger partial charge in [-0.1, -0.05) is 18.5 Å². The first-order valence-electron chi connectivity index (χ1n) is 5.19. The highest BCUT2D eigenvalue weighted by Gasteiger charge is 2.31. The van der Waals surface area contributed by atoms with Gasteiger partial charge in [0.1, 0.15) is 0 Å². The second-order valence-electron chi connectivity index (χ2n) is 4.11. The average molecular weight is 238 g/mol. The molecule has 0 N–H and O–H groups in total. The Morgan fingerprint density at radius 1 is 1.12 bits per heavy atom. The van der Waals surface area contributed by atoms with Crippen LogP contribution in [0.2, 0.25) is 5.02 Å². The summed E-state index contributed by atoms with van der Waals surface area (Å²) in [6.07, 6.45) is 0.850. The van der Waals surface area contributed by atoms with Gasteiger partial charge in [-0.15, -0.1) is 0 Å². The lowest BCUT2D eigenvalue weighted by Crippen LogP contribution is -2.42. The standard InChI is InChI=1S/C12H12ClNO2/c1-8-6-11(15)14(12(16)7-8)10-4-2-9(13)3-5-10/h2-5,8H,6-7H2,1H3. The molecular formula is C12H12ClNO2. The normalized spacial score (nSPS) is 18.0. The Hall–Kier alpha value is -1.35. The highest BCUT2D eigenvalue weighted by atomic mass is 35.5. The minimum absolute atomic E-state index is 0.133. The van der Waals surface area contributed by atoms with E-state index in [0.717, 1.165) is 0 Å². The van der Waals surface area contributed by atoms with Gasteiger partial charge in [0.2, 0.25) is 11.8 Å². The predicted octanol–water partition coefficient (Wildman–Crippen LogP) is 2.63. The Morgan fingerprint density at radius 3 is 2.12 bits per heavy atom. The molecule has 1 heterocycles. The lowest BCUT2D eigenvalue weighted by atomic mass is 9.97. The van der Waals surface area contributed by atoms with Crippen molar-refractivity contribution in [1.29, 1.82) is 0 Å². The van der Waals surface area contributed by atoms with Crippen LogP contribution < -0.4 is 4.90 Å². The van der Waals surface area contributed by atoms with Gasteiger partial charge >= 0.3 is 0 Å². The summed E-state index contributed by atoms with van der Waals surface area (Å²) in [7, 11) is 0. The van der Waals surface area contributed by atoms with Gasteiger partial charge in [0.25, 0.3) is 0 Å². The third-order valence-corrected chi connectivity index (χ3v) is 2.88. The van der Waals surface area contributed by atoms with Gasteiger partial charge in [-0.3, -0.25) is 14.5 Å². The molecule has 4 heteroatoms. The summed E-state index contributed by atoms with van der Waals surface area (Å²) < 4.78 is 0. The second kappa shape index (κ2) is 4.26. The van der Waals surface area contributed by atoms with Crippen molar-refractivity contribution in [3.63, 3.8) is 0 Å². The molecule has 16 heavy (non-hydrogen) atoms. The number of hydrogen-bond donors (Lipinski definition) is 0. The fourth-order valence-corrected chi connectivity index (χ4v) is 1.99. The number of hydrogen-bond acceptors (Lipinski definition) is 2.